The molecule has 0 spiro atoms. The third kappa shape index (κ3) is 4.05. The van der Waals surface area contributed by atoms with Gasteiger partial charge in [-0.15, -0.1) is 0 Å². The number of likely N-dealkylation sites (tertiary alicyclic amines) is 1. The molecule has 1 aliphatic rings. The first-order valence-corrected chi connectivity index (χ1v) is 6.76. The van der Waals surface area contributed by atoms with E-state index in [1.54, 1.807) is 0 Å². The van der Waals surface area contributed by atoms with Gasteiger partial charge in [-0.3, -0.25) is 4.98 Å². The molecule has 0 saturated carbocycles. The molecule has 1 aromatic rings. The maximum atomic E-state index is 9.94. The summed E-state index contributed by atoms with van der Waals surface area (Å²) >= 11 is 0. The van der Waals surface area contributed by atoms with Gasteiger partial charge in [0.1, 0.15) is 0 Å². The molecule has 0 bridgehead atoms. The van der Waals surface area contributed by atoms with Crippen LogP contribution >= 0.6 is 0 Å². The lowest BCUT2D eigenvalue weighted by Gasteiger charge is -2.19. The molecule has 18 heavy (non-hydrogen) atoms. The molecular formula is C14H23N3O. The van der Waals surface area contributed by atoms with Crippen LogP contribution in [0.3, 0.4) is 0 Å². The van der Waals surface area contributed by atoms with Crippen LogP contribution in [-0.2, 0) is 6.54 Å². The Labute approximate surface area is 109 Å². The van der Waals surface area contributed by atoms with Crippen LogP contribution in [0.25, 0.3) is 0 Å². The van der Waals surface area contributed by atoms with Crippen LogP contribution in [0.5, 0.6) is 0 Å². The molecule has 1 aliphatic heterocycles. The molecule has 100 valence electrons. The first-order chi connectivity index (χ1) is 8.75. The van der Waals surface area contributed by atoms with Gasteiger partial charge in [-0.25, -0.2) is 0 Å². The van der Waals surface area contributed by atoms with E-state index < -0.39 is 0 Å². The number of pyridine rings is 1. The summed E-state index contributed by atoms with van der Waals surface area (Å²) in [7, 11) is 0. The lowest BCUT2D eigenvalue weighted by molar-refractivity contribution is 0.123. The maximum Gasteiger partial charge on any atom is 0.0791 e. The van der Waals surface area contributed by atoms with Gasteiger partial charge < -0.3 is 15.3 Å². The predicted molar refractivity (Wildman–Crippen MR) is 72.4 cm³/mol. The highest BCUT2D eigenvalue weighted by atomic mass is 16.3. The molecule has 2 N–H and O–H groups in total. The highest BCUT2D eigenvalue weighted by Gasteiger charge is 2.15. The summed E-state index contributed by atoms with van der Waals surface area (Å²) in [5, 5.41) is 13.3. The normalized spacial score (nSPS) is 18.1. The SMILES string of the molecule is Cc1cnccc1CNCC(O)CN1CCCC1. The standard InChI is InChI=1S/C14H23N3O/c1-12-8-15-5-4-13(12)9-16-10-14(18)11-17-6-2-3-7-17/h4-5,8,14,16,18H,2-3,6-7,9-11H2,1H3. The summed E-state index contributed by atoms with van der Waals surface area (Å²) < 4.78 is 0. The van der Waals surface area contributed by atoms with Gasteiger partial charge in [0, 0.05) is 32.0 Å². The van der Waals surface area contributed by atoms with Gasteiger partial charge in [-0.2, -0.15) is 0 Å². The van der Waals surface area contributed by atoms with E-state index in [0.29, 0.717) is 6.54 Å². The topological polar surface area (TPSA) is 48.4 Å². The van der Waals surface area contributed by atoms with Crippen molar-refractivity contribution in [1.29, 1.82) is 0 Å². The average Bonchev–Trinajstić information content (AvgIpc) is 2.84. The summed E-state index contributed by atoms with van der Waals surface area (Å²) in [5.74, 6) is 0. The number of rotatable bonds is 6. The summed E-state index contributed by atoms with van der Waals surface area (Å²) in [4.78, 5) is 6.41. The van der Waals surface area contributed by atoms with Crippen LogP contribution in [0.4, 0.5) is 0 Å². The van der Waals surface area contributed by atoms with Crippen molar-refractivity contribution in [2.75, 3.05) is 26.2 Å². The van der Waals surface area contributed by atoms with Crippen molar-refractivity contribution in [3.8, 4) is 0 Å². The second-order valence-electron chi connectivity index (χ2n) is 5.09. The predicted octanol–water partition coefficient (Wildman–Crippen LogP) is 0.936. The second-order valence-corrected chi connectivity index (χ2v) is 5.09. The fourth-order valence-electron chi connectivity index (χ4n) is 2.40. The van der Waals surface area contributed by atoms with Gasteiger partial charge in [-0.1, -0.05) is 0 Å². The van der Waals surface area contributed by atoms with Gasteiger partial charge in [0.25, 0.3) is 0 Å². The Bertz CT molecular complexity index is 364. The van der Waals surface area contributed by atoms with Crippen molar-refractivity contribution in [3.63, 3.8) is 0 Å². The van der Waals surface area contributed by atoms with Crippen molar-refractivity contribution in [2.45, 2.75) is 32.4 Å². The summed E-state index contributed by atoms with van der Waals surface area (Å²) in [6, 6.07) is 2.02. The zero-order chi connectivity index (χ0) is 12.8. The lowest BCUT2D eigenvalue weighted by Crippen LogP contribution is -2.36. The Kier molecular flexibility index (Phi) is 5.11. The van der Waals surface area contributed by atoms with Crippen LogP contribution in [0.2, 0.25) is 0 Å². The molecule has 0 aliphatic carbocycles. The number of aliphatic hydroxyl groups is 1. The molecule has 1 saturated heterocycles. The van der Waals surface area contributed by atoms with Crippen molar-refractivity contribution in [1.82, 2.24) is 15.2 Å². The van der Waals surface area contributed by atoms with E-state index in [-0.39, 0.29) is 6.10 Å². The minimum atomic E-state index is -0.273. The number of hydrogen-bond donors (Lipinski definition) is 2. The Hall–Kier alpha value is -0.970. The zero-order valence-electron chi connectivity index (χ0n) is 11.1. The first-order valence-electron chi connectivity index (χ1n) is 6.76. The van der Waals surface area contributed by atoms with Crippen LogP contribution in [0.15, 0.2) is 18.5 Å². The zero-order valence-corrected chi connectivity index (χ0v) is 11.1. The number of aryl methyl sites for hydroxylation is 1. The molecule has 2 rings (SSSR count). The third-order valence-electron chi connectivity index (χ3n) is 3.50. The lowest BCUT2D eigenvalue weighted by atomic mass is 10.1. The highest BCUT2D eigenvalue weighted by molar-refractivity contribution is 5.21. The summed E-state index contributed by atoms with van der Waals surface area (Å²) in [6.07, 6.45) is 5.96. The van der Waals surface area contributed by atoms with Crippen molar-refractivity contribution < 1.29 is 5.11 Å². The monoisotopic (exact) mass is 249 g/mol. The molecule has 2 heterocycles. The Morgan fingerprint density at radius 2 is 2.22 bits per heavy atom. The van der Waals surface area contributed by atoms with Crippen molar-refractivity contribution in [2.24, 2.45) is 0 Å². The molecule has 1 fully saturated rings. The van der Waals surface area contributed by atoms with Crippen molar-refractivity contribution >= 4 is 0 Å². The number of aliphatic hydroxyl groups excluding tert-OH is 1. The van der Waals surface area contributed by atoms with E-state index in [2.05, 4.69) is 22.1 Å². The first kappa shape index (κ1) is 13.5. The number of nitrogens with zero attached hydrogens (tertiary/aromatic N) is 2. The van der Waals surface area contributed by atoms with E-state index in [1.165, 1.54) is 24.0 Å². The third-order valence-corrected chi connectivity index (χ3v) is 3.50. The smallest absolute Gasteiger partial charge is 0.0791 e. The number of hydrogen-bond acceptors (Lipinski definition) is 4. The fourth-order valence-corrected chi connectivity index (χ4v) is 2.40. The number of nitrogens with one attached hydrogen (secondary N) is 1. The summed E-state index contributed by atoms with van der Waals surface area (Å²) in [6.45, 7) is 6.58. The summed E-state index contributed by atoms with van der Waals surface area (Å²) in [5.41, 5.74) is 2.44. The largest absolute Gasteiger partial charge is 0.390 e. The maximum absolute atomic E-state index is 9.94. The molecule has 1 unspecified atom stereocenters. The Morgan fingerprint density at radius 3 is 2.94 bits per heavy atom. The second kappa shape index (κ2) is 6.83. The number of β-amino-alcohol motifs (C(OH)–C–C–N with tert-alkyl or cyclic N) is 1. The van der Waals surface area contributed by atoms with Crippen LogP contribution in [0, 0.1) is 6.92 Å². The van der Waals surface area contributed by atoms with Crippen LogP contribution in [-0.4, -0.2) is 47.3 Å². The van der Waals surface area contributed by atoms with Crippen LogP contribution < -0.4 is 5.32 Å². The van der Waals surface area contributed by atoms with E-state index >= 15 is 0 Å². The van der Waals surface area contributed by atoms with E-state index in [9.17, 15) is 5.11 Å². The quantitative estimate of drug-likeness (QED) is 0.787. The Morgan fingerprint density at radius 1 is 1.44 bits per heavy atom. The minimum Gasteiger partial charge on any atom is -0.390 e. The molecule has 0 aromatic carbocycles. The fraction of sp³-hybridized carbons (Fsp3) is 0.643. The van der Waals surface area contributed by atoms with E-state index in [4.69, 9.17) is 0 Å². The molecule has 1 atom stereocenters. The molecule has 0 amide bonds. The van der Waals surface area contributed by atoms with Gasteiger partial charge in [0.2, 0.25) is 0 Å². The molecule has 0 radical (unpaired) electrons. The molecule has 4 heteroatoms. The molecule has 4 nitrogen and oxygen atoms in total. The minimum absolute atomic E-state index is 0.273. The van der Waals surface area contributed by atoms with Gasteiger partial charge in [0.05, 0.1) is 6.10 Å². The Balaban J connectivity index is 1.67. The van der Waals surface area contributed by atoms with Crippen LogP contribution in [0.1, 0.15) is 24.0 Å². The van der Waals surface area contributed by atoms with Gasteiger partial charge in [-0.05, 0) is 50.0 Å². The van der Waals surface area contributed by atoms with Crippen molar-refractivity contribution in [3.05, 3.63) is 29.6 Å². The van der Waals surface area contributed by atoms with Gasteiger partial charge >= 0.3 is 0 Å². The average molecular weight is 249 g/mol. The van der Waals surface area contributed by atoms with Gasteiger partial charge in [0.15, 0.2) is 0 Å². The van der Waals surface area contributed by atoms with E-state index in [1.807, 2.05) is 18.5 Å². The molecular weight excluding hydrogens is 226 g/mol. The van der Waals surface area contributed by atoms with E-state index in [0.717, 1.165) is 26.2 Å². The molecule has 1 aromatic heterocycles. The highest BCUT2D eigenvalue weighted by Crippen LogP contribution is 2.08. The number of aromatic nitrogens is 1.